The number of aryl methyl sites for hydroxylation is 1. The van der Waals surface area contributed by atoms with E-state index in [-0.39, 0.29) is 21.5 Å². The number of fused-ring (bicyclic) bond motifs is 1. The van der Waals surface area contributed by atoms with Crippen LogP contribution >= 0.6 is 23.2 Å². The van der Waals surface area contributed by atoms with Crippen molar-refractivity contribution in [3.05, 3.63) is 52.0 Å². The average molecular weight is 399 g/mol. The van der Waals surface area contributed by atoms with Crippen LogP contribution in [0.2, 0.25) is 10.0 Å². The fraction of sp³-hybridized carbons (Fsp3) is 0.235. The number of halogens is 2. The van der Waals surface area contributed by atoms with Gasteiger partial charge in [-0.15, -0.1) is 0 Å². The summed E-state index contributed by atoms with van der Waals surface area (Å²) in [6.07, 6.45) is 1.52. The summed E-state index contributed by atoms with van der Waals surface area (Å²) in [7, 11) is -3.82. The van der Waals surface area contributed by atoms with Gasteiger partial charge in [-0.3, -0.25) is 9.52 Å². The lowest BCUT2D eigenvalue weighted by Gasteiger charge is -2.28. The highest BCUT2D eigenvalue weighted by atomic mass is 35.5. The van der Waals surface area contributed by atoms with E-state index in [1.54, 1.807) is 23.1 Å². The van der Waals surface area contributed by atoms with Gasteiger partial charge in [-0.2, -0.15) is 0 Å². The van der Waals surface area contributed by atoms with Crippen molar-refractivity contribution < 1.29 is 13.2 Å². The molecule has 1 amide bonds. The van der Waals surface area contributed by atoms with Crippen LogP contribution in [0.3, 0.4) is 0 Å². The van der Waals surface area contributed by atoms with Gasteiger partial charge in [-0.1, -0.05) is 23.2 Å². The SMILES string of the molecule is CC(=O)N1CCCc2cc(S(=O)(=O)Nc3cc(Cl)ccc3Cl)ccc21. The summed E-state index contributed by atoms with van der Waals surface area (Å²) in [5.41, 5.74) is 1.82. The molecule has 0 aliphatic carbocycles. The minimum Gasteiger partial charge on any atom is -0.312 e. The zero-order valence-corrected chi connectivity index (χ0v) is 15.7. The highest BCUT2D eigenvalue weighted by molar-refractivity contribution is 7.92. The first-order chi connectivity index (χ1) is 11.8. The van der Waals surface area contributed by atoms with Crippen LogP contribution in [0.25, 0.3) is 0 Å². The molecule has 1 N–H and O–H groups in total. The smallest absolute Gasteiger partial charge is 0.261 e. The second-order valence-corrected chi connectivity index (χ2v) is 8.32. The number of amides is 1. The minimum absolute atomic E-state index is 0.0552. The molecule has 0 spiro atoms. The second-order valence-electron chi connectivity index (χ2n) is 5.79. The van der Waals surface area contributed by atoms with Crippen LogP contribution in [0, 0.1) is 0 Å². The van der Waals surface area contributed by atoms with Crippen LogP contribution in [-0.2, 0) is 21.2 Å². The number of anilines is 2. The number of sulfonamides is 1. The lowest BCUT2D eigenvalue weighted by atomic mass is 10.0. The largest absolute Gasteiger partial charge is 0.312 e. The Bertz CT molecular complexity index is 945. The van der Waals surface area contributed by atoms with Crippen molar-refractivity contribution in [1.82, 2.24) is 0 Å². The first kappa shape index (κ1) is 18.0. The lowest BCUT2D eigenvalue weighted by molar-refractivity contribution is -0.116. The van der Waals surface area contributed by atoms with Gasteiger partial charge in [-0.25, -0.2) is 8.42 Å². The number of hydrogen-bond donors (Lipinski definition) is 1. The van der Waals surface area contributed by atoms with E-state index in [9.17, 15) is 13.2 Å². The number of hydrogen-bond acceptors (Lipinski definition) is 3. The summed E-state index contributed by atoms with van der Waals surface area (Å²) in [4.78, 5) is 13.5. The minimum atomic E-state index is -3.82. The first-order valence-corrected chi connectivity index (χ1v) is 9.91. The molecule has 2 aromatic rings. The molecule has 0 saturated heterocycles. The van der Waals surface area contributed by atoms with Gasteiger partial charge < -0.3 is 4.90 Å². The number of carbonyl (C=O) groups is 1. The van der Waals surface area contributed by atoms with Crippen molar-refractivity contribution in [2.45, 2.75) is 24.7 Å². The fourth-order valence-electron chi connectivity index (χ4n) is 2.85. The molecule has 3 rings (SSSR count). The molecule has 0 aromatic heterocycles. The van der Waals surface area contributed by atoms with Gasteiger partial charge in [0, 0.05) is 24.2 Å². The van der Waals surface area contributed by atoms with Crippen molar-refractivity contribution in [1.29, 1.82) is 0 Å². The predicted octanol–water partition coefficient (Wildman–Crippen LogP) is 4.09. The summed E-state index contributed by atoms with van der Waals surface area (Å²) in [5, 5.41) is 0.637. The summed E-state index contributed by atoms with van der Waals surface area (Å²) < 4.78 is 27.8. The van der Waals surface area contributed by atoms with Gasteiger partial charge in [-0.05, 0) is 54.8 Å². The second kappa shape index (κ2) is 6.86. The topological polar surface area (TPSA) is 66.5 Å². The molecule has 2 aromatic carbocycles. The van der Waals surface area contributed by atoms with Gasteiger partial charge in [0.25, 0.3) is 10.0 Å². The molecule has 5 nitrogen and oxygen atoms in total. The summed E-state index contributed by atoms with van der Waals surface area (Å²) in [5.74, 6) is -0.0552. The molecular formula is C17H16Cl2N2O3S. The Labute approximate surface area is 156 Å². The monoisotopic (exact) mass is 398 g/mol. The van der Waals surface area contributed by atoms with E-state index >= 15 is 0 Å². The zero-order chi connectivity index (χ0) is 18.2. The van der Waals surface area contributed by atoms with E-state index < -0.39 is 10.0 Å². The van der Waals surface area contributed by atoms with Crippen LogP contribution in [0.4, 0.5) is 11.4 Å². The molecule has 132 valence electrons. The van der Waals surface area contributed by atoms with Crippen LogP contribution in [0.1, 0.15) is 18.9 Å². The maximum absolute atomic E-state index is 12.7. The van der Waals surface area contributed by atoms with Crippen LogP contribution < -0.4 is 9.62 Å². The van der Waals surface area contributed by atoms with Gasteiger partial charge in [0.05, 0.1) is 15.6 Å². The molecule has 0 bridgehead atoms. The quantitative estimate of drug-likeness (QED) is 0.846. The summed E-state index contributed by atoms with van der Waals surface area (Å²) in [6, 6.07) is 9.32. The van der Waals surface area contributed by atoms with E-state index in [0.717, 1.165) is 24.1 Å². The molecule has 1 heterocycles. The van der Waals surface area contributed by atoms with Gasteiger partial charge in [0.15, 0.2) is 0 Å². The van der Waals surface area contributed by atoms with Crippen LogP contribution in [0.5, 0.6) is 0 Å². The highest BCUT2D eigenvalue weighted by Gasteiger charge is 2.23. The van der Waals surface area contributed by atoms with E-state index in [1.807, 2.05) is 0 Å². The van der Waals surface area contributed by atoms with Crippen LogP contribution in [0.15, 0.2) is 41.3 Å². The van der Waals surface area contributed by atoms with Gasteiger partial charge in [0.2, 0.25) is 5.91 Å². The lowest BCUT2D eigenvalue weighted by Crippen LogP contribution is -2.33. The normalized spacial score (nSPS) is 14.1. The molecule has 1 aliphatic heterocycles. The number of nitrogens with zero attached hydrogens (tertiary/aromatic N) is 1. The highest BCUT2D eigenvalue weighted by Crippen LogP contribution is 2.31. The average Bonchev–Trinajstić information content (AvgIpc) is 2.56. The Hall–Kier alpha value is -1.76. The van der Waals surface area contributed by atoms with E-state index in [0.29, 0.717) is 11.6 Å². The Morgan fingerprint density at radius 1 is 1.16 bits per heavy atom. The summed E-state index contributed by atoms with van der Waals surface area (Å²) in [6.45, 7) is 2.15. The van der Waals surface area contributed by atoms with E-state index in [1.165, 1.54) is 25.1 Å². The predicted molar refractivity (Wildman–Crippen MR) is 100 cm³/mol. The molecule has 1 aliphatic rings. The van der Waals surface area contributed by atoms with E-state index in [4.69, 9.17) is 23.2 Å². The first-order valence-electron chi connectivity index (χ1n) is 7.67. The molecular weight excluding hydrogens is 383 g/mol. The van der Waals surface area contributed by atoms with Crippen molar-refractivity contribution in [3.8, 4) is 0 Å². The standard InChI is InChI=1S/C17H16Cl2N2O3S/c1-11(22)21-8-2-3-12-9-14(5-7-17(12)21)25(23,24)20-16-10-13(18)4-6-15(16)19/h4-7,9-10,20H,2-3,8H2,1H3. The Morgan fingerprint density at radius 2 is 1.92 bits per heavy atom. The molecule has 25 heavy (non-hydrogen) atoms. The van der Waals surface area contributed by atoms with Gasteiger partial charge >= 0.3 is 0 Å². The van der Waals surface area contributed by atoms with E-state index in [2.05, 4.69) is 4.72 Å². The van der Waals surface area contributed by atoms with Crippen molar-refractivity contribution in [2.24, 2.45) is 0 Å². The number of nitrogens with one attached hydrogen (secondary N) is 1. The third kappa shape index (κ3) is 3.76. The summed E-state index contributed by atoms with van der Waals surface area (Å²) >= 11 is 11.9. The maximum atomic E-state index is 12.7. The molecule has 0 unspecified atom stereocenters. The number of carbonyl (C=O) groups excluding carboxylic acids is 1. The number of rotatable bonds is 3. The molecule has 0 saturated carbocycles. The third-order valence-electron chi connectivity index (χ3n) is 4.03. The van der Waals surface area contributed by atoms with Crippen LogP contribution in [-0.4, -0.2) is 20.9 Å². The molecule has 0 atom stereocenters. The van der Waals surface area contributed by atoms with Gasteiger partial charge in [0.1, 0.15) is 0 Å². The molecule has 0 fully saturated rings. The Morgan fingerprint density at radius 3 is 2.64 bits per heavy atom. The zero-order valence-electron chi connectivity index (χ0n) is 13.4. The number of benzene rings is 2. The Kier molecular flexibility index (Phi) is 4.95. The maximum Gasteiger partial charge on any atom is 0.261 e. The third-order valence-corrected chi connectivity index (χ3v) is 5.96. The fourth-order valence-corrected chi connectivity index (χ4v) is 4.36. The van der Waals surface area contributed by atoms with Crippen molar-refractivity contribution in [3.63, 3.8) is 0 Å². The van der Waals surface area contributed by atoms with Crippen molar-refractivity contribution in [2.75, 3.05) is 16.2 Å². The molecule has 8 heteroatoms. The Balaban J connectivity index is 1.96. The van der Waals surface area contributed by atoms with Crippen molar-refractivity contribution >= 4 is 50.5 Å². The molecule has 0 radical (unpaired) electrons.